The molecule has 3 saturated carbocycles. The average molecular weight is 531 g/mol. The third-order valence-electron chi connectivity index (χ3n) is 12.8. The molecule has 1 spiro atoms. The topological polar surface area (TPSA) is 89.9 Å². The van der Waals surface area contributed by atoms with Crippen molar-refractivity contribution in [3.63, 3.8) is 0 Å². The van der Waals surface area contributed by atoms with Crippen LogP contribution in [-0.2, 0) is 23.9 Å². The van der Waals surface area contributed by atoms with Crippen molar-refractivity contribution >= 4 is 17.5 Å². The van der Waals surface area contributed by atoms with Crippen LogP contribution in [-0.4, -0.2) is 40.1 Å². The van der Waals surface area contributed by atoms with E-state index in [1.807, 2.05) is 27.7 Å². The van der Waals surface area contributed by atoms with Gasteiger partial charge in [-0.05, 0) is 61.2 Å². The first-order chi connectivity index (χ1) is 17.4. The molecular formula is C32H50O6. The second kappa shape index (κ2) is 8.38. The maximum absolute atomic E-state index is 14.6. The number of aliphatic hydroxyl groups is 1. The molecule has 2 unspecified atom stereocenters. The van der Waals surface area contributed by atoms with Crippen molar-refractivity contribution in [3.05, 3.63) is 0 Å². The number of esters is 1. The predicted molar refractivity (Wildman–Crippen MR) is 144 cm³/mol. The fourth-order valence-electron chi connectivity index (χ4n) is 10.8. The van der Waals surface area contributed by atoms with E-state index in [0.29, 0.717) is 43.4 Å². The van der Waals surface area contributed by atoms with Crippen LogP contribution < -0.4 is 0 Å². The summed E-state index contributed by atoms with van der Waals surface area (Å²) in [6.07, 6.45) is 6.35. The van der Waals surface area contributed by atoms with E-state index in [1.54, 1.807) is 0 Å². The highest BCUT2D eigenvalue weighted by atomic mass is 16.7. The van der Waals surface area contributed by atoms with Gasteiger partial charge in [-0.2, -0.15) is 0 Å². The molecular weight excluding hydrogens is 480 g/mol. The average Bonchev–Trinajstić information content (AvgIpc) is 3.26. The summed E-state index contributed by atoms with van der Waals surface area (Å²) in [4.78, 5) is 41.1. The molecule has 0 radical (unpaired) electrons. The molecule has 0 aromatic carbocycles. The Bertz CT molecular complexity index is 1050. The van der Waals surface area contributed by atoms with E-state index in [2.05, 4.69) is 27.7 Å². The van der Waals surface area contributed by atoms with Gasteiger partial charge in [-0.25, -0.2) is 0 Å². The zero-order chi connectivity index (χ0) is 28.3. The third-order valence-corrected chi connectivity index (χ3v) is 12.8. The molecule has 2 bridgehead atoms. The SMILES string of the molecule is CC(=O)O[C@@H]1CC[C@@]2(C)C(=O)[C@]34C[C@@]5(C)C([C@@H](C)CCCC(C)C)CC[C@@]5(C)[C@](O)(O3)C(=O)[C@H]4C2C1(C)C. The van der Waals surface area contributed by atoms with Crippen molar-refractivity contribution in [1.82, 2.24) is 0 Å². The van der Waals surface area contributed by atoms with Crippen molar-refractivity contribution in [2.75, 3.05) is 0 Å². The van der Waals surface area contributed by atoms with Gasteiger partial charge in [0.2, 0.25) is 5.79 Å². The molecule has 3 aliphatic carbocycles. The second-order valence-electron chi connectivity index (χ2n) is 15.5. The summed E-state index contributed by atoms with van der Waals surface area (Å²) in [7, 11) is 0. The molecule has 2 aliphatic heterocycles. The summed E-state index contributed by atoms with van der Waals surface area (Å²) in [6.45, 7) is 18.6. The summed E-state index contributed by atoms with van der Waals surface area (Å²) in [5, 5.41) is 12.3. The first-order valence-corrected chi connectivity index (χ1v) is 15.1. The van der Waals surface area contributed by atoms with Gasteiger partial charge in [0.25, 0.3) is 0 Å². The van der Waals surface area contributed by atoms with E-state index < -0.39 is 39.0 Å². The van der Waals surface area contributed by atoms with Crippen LogP contribution in [0.15, 0.2) is 0 Å². The predicted octanol–water partition coefficient (Wildman–Crippen LogP) is 5.87. The zero-order valence-electron chi connectivity index (χ0n) is 25.1. The molecule has 0 amide bonds. The second-order valence-corrected chi connectivity index (χ2v) is 15.5. The fourth-order valence-corrected chi connectivity index (χ4v) is 10.8. The van der Waals surface area contributed by atoms with Crippen LogP contribution in [0.4, 0.5) is 0 Å². The lowest BCUT2D eigenvalue weighted by Crippen LogP contribution is -2.66. The van der Waals surface area contributed by atoms with Crippen molar-refractivity contribution in [1.29, 1.82) is 0 Å². The van der Waals surface area contributed by atoms with Crippen LogP contribution in [0.5, 0.6) is 0 Å². The van der Waals surface area contributed by atoms with Crippen LogP contribution in [0.2, 0.25) is 0 Å². The molecule has 6 heteroatoms. The summed E-state index contributed by atoms with van der Waals surface area (Å²) >= 11 is 0. The Morgan fingerprint density at radius 2 is 1.71 bits per heavy atom. The molecule has 5 fully saturated rings. The molecule has 38 heavy (non-hydrogen) atoms. The van der Waals surface area contributed by atoms with Gasteiger partial charge in [0.1, 0.15) is 11.7 Å². The minimum absolute atomic E-state index is 0.0139. The van der Waals surface area contributed by atoms with Crippen molar-refractivity contribution in [2.45, 2.75) is 131 Å². The van der Waals surface area contributed by atoms with Crippen LogP contribution in [0, 0.1) is 51.2 Å². The van der Waals surface area contributed by atoms with E-state index in [4.69, 9.17) is 9.47 Å². The first-order valence-electron chi connectivity index (χ1n) is 15.1. The lowest BCUT2D eigenvalue weighted by atomic mass is 9.52. The molecule has 6 nitrogen and oxygen atoms in total. The first kappa shape index (κ1) is 28.3. The number of hydrogen-bond donors (Lipinski definition) is 1. The third kappa shape index (κ3) is 3.22. The number of ether oxygens (including phenoxy) is 2. The van der Waals surface area contributed by atoms with Gasteiger partial charge >= 0.3 is 5.97 Å². The number of fused-ring (bicyclic) bond motifs is 5. The number of rotatable bonds is 6. The molecule has 2 heterocycles. The van der Waals surface area contributed by atoms with Gasteiger partial charge in [0, 0.05) is 23.2 Å². The normalized spacial score (nSPS) is 49.6. The Morgan fingerprint density at radius 1 is 1.05 bits per heavy atom. The standard InChI is InChI=1S/C32H50O6/c1-18(2)11-10-12-19(3)21-13-16-30(9)29(21,8)17-31-23(25(34)32(30,36)38-31)24-27(5,6)22(37-20(4)33)14-15-28(24,7)26(31)35/h18-19,21-24,36H,10-17H2,1-9H3/t19-,21?,22+,23+,24?,28+,29-,30+,31+,32+/m0/s1. The van der Waals surface area contributed by atoms with Gasteiger partial charge in [-0.1, -0.05) is 74.7 Å². The van der Waals surface area contributed by atoms with E-state index in [-0.39, 0.29) is 29.6 Å². The van der Waals surface area contributed by atoms with Gasteiger partial charge in [-0.15, -0.1) is 0 Å². The smallest absolute Gasteiger partial charge is 0.302 e. The zero-order valence-corrected chi connectivity index (χ0v) is 25.1. The summed E-state index contributed by atoms with van der Waals surface area (Å²) < 4.78 is 12.3. The molecule has 214 valence electrons. The lowest BCUT2D eigenvalue weighted by molar-refractivity contribution is -0.325. The van der Waals surface area contributed by atoms with Crippen LogP contribution in [0.3, 0.4) is 0 Å². The minimum Gasteiger partial charge on any atom is -0.462 e. The van der Waals surface area contributed by atoms with Crippen molar-refractivity contribution in [3.8, 4) is 0 Å². The molecule has 0 aromatic heterocycles. The van der Waals surface area contributed by atoms with E-state index in [0.717, 1.165) is 12.8 Å². The Morgan fingerprint density at radius 3 is 2.32 bits per heavy atom. The lowest BCUT2D eigenvalue weighted by Gasteiger charge is -2.58. The monoisotopic (exact) mass is 530 g/mol. The molecule has 0 aromatic rings. The molecule has 5 aliphatic rings. The van der Waals surface area contributed by atoms with Gasteiger partial charge in [0.15, 0.2) is 11.6 Å². The Balaban J connectivity index is 1.58. The maximum Gasteiger partial charge on any atom is 0.302 e. The Hall–Kier alpha value is -1.27. The largest absolute Gasteiger partial charge is 0.462 e. The molecule has 2 saturated heterocycles. The molecule has 5 rings (SSSR count). The molecule has 1 N–H and O–H groups in total. The van der Waals surface area contributed by atoms with E-state index in [1.165, 1.54) is 19.8 Å². The maximum atomic E-state index is 14.6. The van der Waals surface area contributed by atoms with Crippen molar-refractivity contribution in [2.24, 2.45) is 51.2 Å². The Kier molecular flexibility index (Phi) is 6.23. The molecule has 10 atom stereocenters. The fraction of sp³-hybridized carbons (Fsp3) is 0.906. The summed E-state index contributed by atoms with van der Waals surface area (Å²) in [5.41, 5.74) is -3.85. The van der Waals surface area contributed by atoms with E-state index >= 15 is 0 Å². The van der Waals surface area contributed by atoms with Crippen LogP contribution >= 0.6 is 0 Å². The van der Waals surface area contributed by atoms with Crippen LogP contribution in [0.25, 0.3) is 0 Å². The van der Waals surface area contributed by atoms with Crippen molar-refractivity contribution < 1.29 is 29.0 Å². The quantitative estimate of drug-likeness (QED) is 0.432. The Labute approximate surface area is 229 Å². The number of Topliss-reactive ketones (excluding diaryl/α,β-unsaturated/α-hetero) is 2. The highest BCUT2D eigenvalue weighted by molar-refractivity contribution is 6.08. The highest BCUT2D eigenvalue weighted by Gasteiger charge is 2.87. The van der Waals surface area contributed by atoms with Gasteiger partial charge in [-0.3, -0.25) is 14.4 Å². The highest BCUT2D eigenvalue weighted by Crippen LogP contribution is 2.78. The van der Waals surface area contributed by atoms with E-state index in [9.17, 15) is 19.5 Å². The minimum atomic E-state index is -1.97. The number of carbonyl (C=O) groups is 3. The summed E-state index contributed by atoms with van der Waals surface area (Å²) in [6, 6.07) is 0. The number of hydrogen-bond acceptors (Lipinski definition) is 6. The van der Waals surface area contributed by atoms with Crippen LogP contribution in [0.1, 0.15) is 114 Å². The number of ketones is 2. The summed E-state index contributed by atoms with van der Waals surface area (Å²) in [5.74, 6) is -2.32. The van der Waals surface area contributed by atoms with Gasteiger partial charge < -0.3 is 14.6 Å². The number of carbonyl (C=O) groups excluding carboxylic acids is 3. The van der Waals surface area contributed by atoms with Gasteiger partial charge in [0.05, 0.1) is 5.92 Å².